The Morgan fingerprint density at radius 2 is 1.75 bits per heavy atom. The van der Waals surface area contributed by atoms with Crippen LogP contribution >= 0.6 is 0 Å². The lowest BCUT2D eigenvalue weighted by Crippen LogP contribution is -2.29. The molecule has 0 aliphatic carbocycles. The third-order valence-corrected chi connectivity index (χ3v) is 3.35. The Bertz CT molecular complexity index is 670. The number of benzene rings is 1. The highest BCUT2D eigenvalue weighted by Gasteiger charge is 2.35. The number of carbonyl (C=O) groups excluding carboxylic acids is 2. The van der Waals surface area contributed by atoms with Gasteiger partial charge in [0, 0.05) is 18.8 Å². The van der Waals surface area contributed by atoms with Crippen LogP contribution in [0.25, 0.3) is 0 Å². The maximum atomic E-state index is 12.2. The number of aryl methyl sites for hydroxylation is 1. The van der Waals surface area contributed by atoms with E-state index >= 15 is 0 Å². The number of imide groups is 1. The van der Waals surface area contributed by atoms with E-state index in [1.165, 1.54) is 0 Å². The van der Waals surface area contributed by atoms with Gasteiger partial charge >= 0.3 is 0 Å². The van der Waals surface area contributed by atoms with Crippen molar-refractivity contribution >= 4 is 11.8 Å². The fourth-order valence-electron chi connectivity index (χ4n) is 2.38. The van der Waals surface area contributed by atoms with Crippen LogP contribution in [0.15, 0.2) is 30.5 Å². The first kappa shape index (κ1) is 12.6. The summed E-state index contributed by atoms with van der Waals surface area (Å²) in [6.45, 7) is -0.102. The van der Waals surface area contributed by atoms with E-state index < -0.39 is 0 Å². The topological polar surface area (TPSA) is 75.4 Å². The molecule has 6 heteroatoms. The van der Waals surface area contributed by atoms with Crippen LogP contribution in [0.5, 0.6) is 0 Å². The minimum absolute atomic E-state index is 0.0725. The molecule has 102 valence electrons. The number of rotatable bonds is 3. The first-order valence-corrected chi connectivity index (χ1v) is 6.19. The van der Waals surface area contributed by atoms with Crippen LogP contribution in [-0.2, 0) is 20.2 Å². The number of fused-ring (bicyclic) bond motifs is 1. The molecule has 0 spiro atoms. The van der Waals surface area contributed by atoms with Crippen LogP contribution in [0, 0.1) is 0 Å². The van der Waals surface area contributed by atoms with E-state index in [4.69, 9.17) is 0 Å². The van der Waals surface area contributed by atoms with Gasteiger partial charge in [-0.2, -0.15) is 5.10 Å². The van der Waals surface area contributed by atoms with Crippen molar-refractivity contribution in [3.63, 3.8) is 0 Å². The minimum Gasteiger partial charge on any atom is -0.392 e. The van der Waals surface area contributed by atoms with Crippen LogP contribution in [0.1, 0.15) is 32.0 Å². The molecule has 0 atom stereocenters. The first-order chi connectivity index (χ1) is 9.61. The van der Waals surface area contributed by atoms with Crippen molar-refractivity contribution in [1.82, 2.24) is 14.7 Å². The van der Waals surface area contributed by atoms with E-state index in [0.29, 0.717) is 22.4 Å². The minimum atomic E-state index is -0.319. The Labute approximate surface area is 115 Å². The molecule has 1 aliphatic heterocycles. The largest absolute Gasteiger partial charge is 0.392 e. The third-order valence-electron chi connectivity index (χ3n) is 3.35. The van der Waals surface area contributed by atoms with Crippen molar-refractivity contribution in [2.24, 2.45) is 7.05 Å². The second-order valence-corrected chi connectivity index (χ2v) is 4.67. The summed E-state index contributed by atoms with van der Waals surface area (Å²) in [5, 5.41) is 13.5. The van der Waals surface area contributed by atoms with Crippen molar-refractivity contribution in [1.29, 1.82) is 0 Å². The lowest BCUT2D eigenvalue weighted by molar-refractivity contribution is 0.0639. The van der Waals surface area contributed by atoms with Gasteiger partial charge in [0.15, 0.2) is 0 Å². The maximum absolute atomic E-state index is 12.2. The van der Waals surface area contributed by atoms with E-state index in [-0.39, 0.29) is 25.0 Å². The summed E-state index contributed by atoms with van der Waals surface area (Å²) in [5.41, 5.74) is 1.98. The quantitative estimate of drug-likeness (QED) is 0.834. The molecule has 1 aromatic carbocycles. The van der Waals surface area contributed by atoms with Crippen LogP contribution in [0.2, 0.25) is 0 Å². The van der Waals surface area contributed by atoms with Gasteiger partial charge in [0.2, 0.25) is 0 Å². The van der Waals surface area contributed by atoms with E-state index in [1.807, 2.05) is 0 Å². The lowest BCUT2D eigenvalue weighted by atomic mass is 10.1. The van der Waals surface area contributed by atoms with E-state index in [2.05, 4.69) is 5.10 Å². The van der Waals surface area contributed by atoms with Gasteiger partial charge in [0.1, 0.15) is 0 Å². The molecule has 1 N–H and O–H groups in total. The van der Waals surface area contributed by atoms with Gasteiger partial charge in [-0.3, -0.25) is 19.2 Å². The molecule has 0 saturated heterocycles. The van der Waals surface area contributed by atoms with Crippen molar-refractivity contribution < 1.29 is 14.7 Å². The number of aromatic nitrogens is 2. The number of hydrogen-bond donors (Lipinski definition) is 1. The molecule has 1 aromatic heterocycles. The molecular formula is C14H13N3O3. The zero-order valence-corrected chi connectivity index (χ0v) is 10.9. The number of aliphatic hydroxyl groups excluding tert-OH is 1. The molecule has 2 aromatic rings. The van der Waals surface area contributed by atoms with Gasteiger partial charge in [-0.15, -0.1) is 0 Å². The molecule has 0 saturated carbocycles. The van der Waals surface area contributed by atoms with Crippen LogP contribution in [0.4, 0.5) is 0 Å². The summed E-state index contributed by atoms with van der Waals surface area (Å²) >= 11 is 0. The van der Waals surface area contributed by atoms with Gasteiger partial charge in [-0.05, 0) is 12.1 Å². The fourth-order valence-corrected chi connectivity index (χ4v) is 2.38. The predicted molar refractivity (Wildman–Crippen MR) is 69.8 cm³/mol. The van der Waals surface area contributed by atoms with E-state index in [9.17, 15) is 14.7 Å². The van der Waals surface area contributed by atoms with Gasteiger partial charge < -0.3 is 5.11 Å². The smallest absolute Gasteiger partial charge is 0.261 e. The maximum Gasteiger partial charge on any atom is 0.261 e. The molecule has 0 fully saturated rings. The first-order valence-electron chi connectivity index (χ1n) is 6.19. The zero-order chi connectivity index (χ0) is 14.3. The Morgan fingerprint density at radius 1 is 1.15 bits per heavy atom. The summed E-state index contributed by atoms with van der Waals surface area (Å²) < 4.78 is 1.55. The van der Waals surface area contributed by atoms with Crippen molar-refractivity contribution in [3.8, 4) is 0 Å². The molecule has 0 unspecified atom stereocenters. The van der Waals surface area contributed by atoms with Gasteiger partial charge in [-0.1, -0.05) is 12.1 Å². The average Bonchev–Trinajstić information content (AvgIpc) is 2.93. The highest BCUT2D eigenvalue weighted by atomic mass is 16.3. The Morgan fingerprint density at radius 3 is 2.30 bits per heavy atom. The standard InChI is InChI=1S/C14H13N3O3/c1-16-6-9(8-18)12(15-16)7-17-13(19)10-4-2-3-5-11(10)14(17)20/h2-6,18H,7-8H2,1H3. The third kappa shape index (κ3) is 1.81. The van der Waals surface area contributed by atoms with Crippen LogP contribution in [-0.4, -0.2) is 31.6 Å². The second-order valence-electron chi connectivity index (χ2n) is 4.67. The molecule has 20 heavy (non-hydrogen) atoms. The second kappa shape index (κ2) is 4.57. The molecule has 0 bridgehead atoms. The van der Waals surface area contributed by atoms with Crippen molar-refractivity contribution in [2.45, 2.75) is 13.2 Å². The monoisotopic (exact) mass is 271 g/mol. The molecular weight excluding hydrogens is 258 g/mol. The summed E-state index contributed by atoms with van der Waals surface area (Å²) in [5.74, 6) is -0.639. The fraction of sp³-hybridized carbons (Fsp3) is 0.214. The summed E-state index contributed by atoms with van der Waals surface area (Å²) in [6.07, 6.45) is 1.67. The summed E-state index contributed by atoms with van der Waals surface area (Å²) in [7, 11) is 1.73. The van der Waals surface area contributed by atoms with Gasteiger partial charge in [0.25, 0.3) is 11.8 Å². The molecule has 2 heterocycles. The number of aliphatic hydroxyl groups is 1. The Hall–Kier alpha value is -2.47. The average molecular weight is 271 g/mol. The highest BCUT2D eigenvalue weighted by molar-refractivity contribution is 6.21. The van der Waals surface area contributed by atoms with Gasteiger partial charge in [-0.25, -0.2) is 0 Å². The Balaban J connectivity index is 1.93. The number of carbonyl (C=O) groups is 2. The normalized spacial score (nSPS) is 14.0. The van der Waals surface area contributed by atoms with Crippen LogP contribution < -0.4 is 0 Å². The van der Waals surface area contributed by atoms with Crippen molar-refractivity contribution in [2.75, 3.05) is 0 Å². The van der Waals surface area contributed by atoms with Gasteiger partial charge in [0.05, 0.1) is 30.0 Å². The van der Waals surface area contributed by atoms with E-state index in [1.54, 1.807) is 42.2 Å². The van der Waals surface area contributed by atoms with Crippen LogP contribution in [0.3, 0.4) is 0 Å². The molecule has 3 rings (SSSR count). The number of hydrogen-bond acceptors (Lipinski definition) is 4. The molecule has 0 radical (unpaired) electrons. The summed E-state index contributed by atoms with van der Waals surface area (Å²) in [4.78, 5) is 25.6. The highest BCUT2D eigenvalue weighted by Crippen LogP contribution is 2.24. The SMILES string of the molecule is Cn1cc(CO)c(CN2C(=O)c3ccccc3C2=O)n1. The number of nitrogens with zero attached hydrogens (tertiary/aromatic N) is 3. The lowest BCUT2D eigenvalue weighted by Gasteiger charge is -2.12. The molecule has 6 nitrogen and oxygen atoms in total. The zero-order valence-electron chi connectivity index (χ0n) is 10.9. The Kier molecular flexibility index (Phi) is 2.87. The van der Waals surface area contributed by atoms with E-state index in [0.717, 1.165) is 4.90 Å². The predicted octanol–water partition coefficient (Wildman–Crippen LogP) is 0.709. The summed E-state index contributed by atoms with van der Waals surface area (Å²) in [6, 6.07) is 6.74. The number of amides is 2. The molecule has 2 amide bonds. The van der Waals surface area contributed by atoms with Crippen molar-refractivity contribution in [3.05, 3.63) is 52.8 Å². The molecule has 1 aliphatic rings.